The first-order chi connectivity index (χ1) is 19.8. The van der Waals surface area contributed by atoms with Crippen molar-refractivity contribution in [3.05, 3.63) is 66.4 Å². The average Bonchev–Trinajstić information content (AvgIpc) is 3.42. The van der Waals surface area contributed by atoms with Crippen molar-refractivity contribution in [2.75, 3.05) is 44.4 Å². The van der Waals surface area contributed by atoms with Crippen LogP contribution in [-0.4, -0.2) is 66.2 Å². The van der Waals surface area contributed by atoms with Gasteiger partial charge in [-0.25, -0.2) is 4.98 Å². The van der Waals surface area contributed by atoms with Crippen LogP contribution < -0.4 is 15.0 Å². The number of aromatic nitrogens is 2. The van der Waals surface area contributed by atoms with Crippen molar-refractivity contribution in [1.29, 1.82) is 5.26 Å². The van der Waals surface area contributed by atoms with Crippen LogP contribution in [0, 0.1) is 11.3 Å². The number of benzene rings is 2. The van der Waals surface area contributed by atoms with Gasteiger partial charge < -0.3 is 29.8 Å². The molecule has 0 spiro atoms. The third kappa shape index (κ3) is 7.06. The van der Waals surface area contributed by atoms with Crippen LogP contribution in [0.25, 0.3) is 33.4 Å². The van der Waals surface area contributed by atoms with Gasteiger partial charge in [-0.15, -0.1) is 0 Å². The Balaban J connectivity index is 1.37. The number of ether oxygens (including phenoxy) is 2. The number of rotatable bonds is 10. The van der Waals surface area contributed by atoms with E-state index in [0.717, 1.165) is 72.7 Å². The largest absolute Gasteiger partial charge is 0.489 e. The van der Waals surface area contributed by atoms with Crippen LogP contribution in [0.5, 0.6) is 5.75 Å². The molecule has 214 valence electrons. The lowest BCUT2D eigenvalue weighted by Gasteiger charge is -2.28. The number of hydrogen-bond acceptors (Lipinski definition) is 7. The zero-order valence-corrected chi connectivity index (χ0v) is 24.1. The molecule has 8 heteroatoms. The van der Waals surface area contributed by atoms with E-state index in [2.05, 4.69) is 77.4 Å². The van der Waals surface area contributed by atoms with Gasteiger partial charge >= 0.3 is 0 Å². The summed E-state index contributed by atoms with van der Waals surface area (Å²) in [6.07, 6.45) is 2.83. The number of fused-ring (bicyclic) bond motifs is 1. The Morgan fingerprint density at radius 2 is 1.83 bits per heavy atom. The van der Waals surface area contributed by atoms with Gasteiger partial charge in [0.15, 0.2) is 0 Å². The number of aromatic amines is 1. The van der Waals surface area contributed by atoms with Crippen LogP contribution in [-0.2, 0) is 4.74 Å². The fraction of sp³-hybridized carbons (Fsp3) is 0.394. The summed E-state index contributed by atoms with van der Waals surface area (Å²) < 4.78 is 11.7. The summed E-state index contributed by atoms with van der Waals surface area (Å²) in [6, 6.07) is 20.7. The minimum atomic E-state index is -0.192. The second-order valence-corrected chi connectivity index (χ2v) is 11.5. The van der Waals surface area contributed by atoms with Crippen LogP contribution in [0.15, 0.2) is 60.8 Å². The number of anilines is 1. The maximum atomic E-state index is 9.98. The molecule has 1 saturated heterocycles. The first-order valence-electron chi connectivity index (χ1n) is 14.3. The molecule has 1 aliphatic heterocycles. The number of morpholine rings is 1. The van der Waals surface area contributed by atoms with Crippen molar-refractivity contribution >= 4 is 16.7 Å². The van der Waals surface area contributed by atoms with Gasteiger partial charge in [0.05, 0.1) is 18.8 Å². The highest BCUT2D eigenvalue weighted by Crippen LogP contribution is 2.34. The second kappa shape index (κ2) is 12.7. The van der Waals surface area contributed by atoms with Gasteiger partial charge in [0, 0.05) is 54.6 Å². The lowest BCUT2D eigenvalue weighted by molar-refractivity contribution is 0.122. The molecule has 1 fully saturated rings. The van der Waals surface area contributed by atoms with Crippen LogP contribution in [0.3, 0.4) is 0 Å². The Labute approximate surface area is 241 Å². The lowest BCUT2D eigenvalue weighted by atomic mass is 10.0. The fourth-order valence-corrected chi connectivity index (χ4v) is 5.19. The molecule has 0 saturated carbocycles. The number of aliphatic hydroxyl groups is 1. The minimum absolute atomic E-state index is 0.00353. The van der Waals surface area contributed by atoms with E-state index in [1.807, 2.05) is 24.3 Å². The third-order valence-electron chi connectivity index (χ3n) is 7.36. The number of aliphatic hydroxyl groups excluding tert-OH is 1. The highest BCUT2D eigenvalue weighted by atomic mass is 16.5. The number of hydrogen-bond donors (Lipinski definition) is 3. The van der Waals surface area contributed by atoms with E-state index in [-0.39, 0.29) is 18.2 Å². The molecule has 1 aliphatic rings. The second-order valence-electron chi connectivity index (χ2n) is 11.5. The molecular weight excluding hydrogens is 514 g/mol. The number of nitrogens with zero attached hydrogens (tertiary/aromatic N) is 3. The lowest BCUT2D eigenvalue weighted by Crippen LogP contribution is -2.38. The van der Waals surface area contributed by atoms with Gasteiger partial charge in [0.1, 0.15) is 23.6 Å². The fourth-order valence-electron chi connectivity index (χ4n) is 5.19. The zero-order chi connectivity index (χ0) is 28.8. The van der Waals surface area contributed by atoms with E-state index in [1.165, 1.54) is 5.69 Å². The molecule has 8 nitrogen and oxygen atoms in total. The van der Waals surface area contributed by atoms with Crippen molar-refractivity contribution < 1.29 is 14.6 Å². The van der Waals surface area contributed by atoms with E-state index in [1.54, 1.807) is 6.20 Å². The normalized spacial score (nSPS) is 14.7. The van der Waals surface area contributed by atoms with Gasteiger partial charge in [-0.2, -0.15) is 5.26 Å². The van der Waals surface area contributed by atoms with E-state index in [4.69, 9.17) is 9.47 Å². The van der Waals surface area contributed by atoms with E-state index >= 15 is 0 Å². The predicted molar refractivity (Wildman–Crippen MR) is 163 cm³/mol. The summed E-state index contributed by atoms with van der Waals surface area (Å²) in [6.45, 7) is 10.5. The van der Waals surface area contributed by atoms with Crippen molar-refractivity contribution in [2.45, 2.75) is 45.3 Å². The molecule has 0 bridgehead atoms. The Bertz CT molecular complexity index is 1490. The molecule has 0 radical (unpaired) electrons. The zero-order valence-electron chi connectivity index (χ0n) is 24.1. The molecule has 4 aromatic rings. The van der Waals surface area contributed by atoms with Crippen molar-refractivity contribution in [3.8, 4) is 34.2 Å². The van der Waals surface area contributed by atoms with Crippen LogP contribution >= 0.6 is 0 Å². The van der Waals surface area contributed by atoms with Crippen molar-refractivity contribution in [1.82, 2.24) is 15.3 Å². The van der Waals surface area contributed by atoms with Crippen molar-refractivity contribution in [2.24, 2.45) is 0 Å². The van der Waals surface area contributed by atoms with E-state index in [9.17, 15) is 10.4 Å². The first-order valence-corrected chi connectivity index (χ1v) is 14.3. The molecule has 3 N–H and O–H groups in total. The van der Waals surface area contributed by atoms with E-state index in [0.29, 0.717) is 17.7 Å². The molecule has 2 aromatic heterocycles. The molecule has 5 rings (SSSR count). The van der Waals surface area contributed by atoms with Gasteiger partial charge in [-0.05, 0) is 86.8 Å². The molecule has 41 heavy (non-hydrogen) atoms. The van der Waals surface area contributed by atoms with Gasteiger partial charge in [-0.3, -0.25) is 0 Å². The maximum absolute atomic E-state index is 9.98. The summed E-state index contributed by atoms with van der Waals surface area (Å²) in [5.74, 6) is 0.533. The standard InChI is InChI=1S/C33H39N5O3/c1-33(2,3)36-14-10-27(12-17-39)41-31-9-6-24(20-25(31)22-34)28-11-13-35-32-29(28)21-30(37-32)23-4-7-26(8-5-23)38-15-18-40-19-16-38/h4-9,11,13,20-21,27,36,39H,10,12,14-19H2,1-3H3,(H,35,37). The summed E-state index contributed by atoms with van der Waals surface area (Å²) in [5, 5.41) is 24.0. The van der Waals surface area contributed by atoms with E-state index < -0.39 is 0 Å². The number of pyridine rings is 1. The predicted octanol–water partition coefficient (Wildman–Crippen LogP) is 5.51. The molecule has 1 atom stereocenters. The Morgan fingerprint density at radius 3 is 2.54 bits per heavy atom. The molecule has 0 amide bonds. The quantitative estimate of drug-likeness (QED) is 0.238. The molecule has 3 heterocycles. The van der Waals surface area contributed by atoms with Crippen LogP contribution in [0.1, 0.15) is 39.2 Å². The summed E-state index contributed by atoms with van der Waals surface area (Å²) in [7, 11) is 0. The van der Waals surface area contributed by atoms with Gasteiger partial charge in [0.2, 0.25) is 0 Å². The Kier molecular flexibility index (Phi) is 8.89. The summed E-state index contributed by atoms with van der Waals surface area (Å²) >= 11 is 0. The Hall–Kier alpha value is -3.90. The maximum Gasteiger partial charge on any atom is 0.138 e. The highest BCUT2D eigenvalue weighted by Gasteiger charge is 2.17. The highest BCUT2D eigenvalue weighted by molar-refractivity contribution is 5.96. The monoisotopic (exact) mass is 553 g/mol. The summed E-state index contributed by atoms with van der Waals surface area (Å²) in [5.41, 5.74) is 6.45. The number of nitrogens with one attached hydrogen (secondary N) is 2. The van der Waals surface area contributed by atoms with Gasteiger partial charge in [0.25, 0.3) is 0 Å². The minimum Gasteiger partial charge on any atom is -0.489 e. The number of nitriles is 1. The summed E-state index contributed by atoms with van der Waals surface area (Å²) in [4.78, 5) is 10.4. The van der Waals surface area contributed by atoms with Crippen LogP contribution in [0.2, 0.25) is 0 Å². The average molecular weight is 554 g/mol. The Morgan fingerprint density at radius 1 is 1.07 bits per heavy atom. The smallest absolute Gasteiger partial charge is 0.138 e. The third-order valence-corrected chi connectivity index (χ3v) is 7.36. The SMILES string of the molecule is CC(C)(C)NCCC(CCO)Oc1ccc(-c2ccnc3[nH]c(-c4ccc(N5CCOCC5)cc4)cc23)cc1C#N. The molecule has 2 aromatic carbocycles. The molecular formula is C33H39N5O3. The van der Waals surface area contributed by atoms with Crippen molar-refractivity contribution in [3.63, 3.8) is 0 Å². The first kappa shape index (κ1) is 28.6. The molecule has 0 aliphatic carbocycles. The van der Waals surface area contributed by atoms with Gasteiger partial charge in [-0.1, -0.05) is 18.2 Å². The van der Waals surface area contributed by atoms with Crippen LogP contribution in [0.4, 0.5) is 5.69 Å². The molecule has 1 unspecified atom stereocenters. The topological polar surface area (TPSA) is 106 Å². The number of H-pyrrole nitrogens is 1.